The van der Waals surface area contributed by atoms with Crippen molar-refractivity contribution in [3.8, 4) is 0 Å². The first-order valence-corrected chi connectivity index (χ1v) is 10.8. The second-order valence-electron chi connectivity index (χ2n) is 4.91. The highest BCUT2D eigenvalue weighted by atomic mass is 32.2. The third-order valence-corrected chi connectivity index (χ3v) is 5.97. The van der Waals surface area contributed by atoms with Crippen LogP contribution >= 0.6 is 23.1 Å². The summed E-state index contributed by atoms with van der Waals surface area (Å²) in [6.07, 6.45) is 1.08. The first-order chi connectivity index (χ1) is 11.3. The van der Waals surface area contributed by atoms with Gasteiger partial charge in [-0.05, 0) is 24.3 Å². The number of nitrogens with one attached hydrogen (secondary N) is 1. The van der Waals surface area contributed by atoms with E-state index >= 15 is 0 Å². The number of para-hydroxylation sites is 1. The molecule has 0 radical (unpaired) electrons. The number of benzene rings is 1. The highest BCUT2D eigenvalue weighted by molar-refractivity contribution is 8.01. The van der Waals surface area contributed by atoms with Gasteiger partial charge in [0.2, 0.25) is 21.1 Å². The van der Waals surface area contributed by atoms with Crippen molar-refractivity contribution in [2.45, 2.75) is 18.2 Å². The first kappa shape index (κ1) is 18.7. The zero-order valence-corrected chi connectivity index (χ0v) is 16.0. The van der Waals surface area contributed by atoms with Gasteiger partial charge in [-0.25, -0.2) is 8.42 Å². The average Bonchev–Trinajstić information content (AvgIpc) is 2.92. The van der Waals surface area contributed by atoms with Crippen molar-refractivity contribution in [1.82, 2.24) is 10.2 Å². The lowest BCUT2D eigenvalue weighted by Gasteiger charge is -2.23. The average molecular weight is 387 g/mol. The molecule has 24 heavy (non-hydrogen) atoms. The standard InChI is InChI=1S/C14H18N4O3S3/c1-4-22-14-17-16-13(23-14)15-12(19)9-18(24(3,20)21)11-8-6-5-7-10(11)2/h5-8H,4,9H2,1-3H3,(H,15,16,19). The molecule has 130 valence electrons. The Morgan fingerprint density at radius 3 is 2.67 bits per heavy atom. The normalized spacial score (nSPS) is 11.3. The van der Waals surface area contributed by atoms with Crippen LogP contribution in [0, 0.1) is 6.92 Å². The van der Waals surface area contributed by atoms with E-state index in [1.165, 1.54) is 23.1 Å². The molecular formula is C14H18N4O3S3. The van der Waals surface area contributed by atoms with E-state index in [0.717, 1.165) is 26.2 Å². The highest BCUT2D eigenvalue weighted by Gasteiger charge is 2.22. The van der Waals surface area contributed by atoms with Crippen molar-refractivity contribution >= 4 is 49.8 Å². The number of carbonyl (C=O) groups is 1. The van der Waals surface area contributed by atoms with Crippen LogP contribution in [0.1, 0.15) is 12.5 Å². The lowest BCUT2D eigenvalue weighted by Crippen LogP contribution is -2.37. The molecule has 0 spiro atoms. The molecule has 1 aromatic heterocycles. The molecule has 7 nitrogen and oxygen atoms in total. The molecule has 1 heterocycles. The van der Waals surface area contributed by atoms with Crippen LogP contribution in [0.3, 0.4) is 0 Å². The lowest BCUT2D eigenvalue weighted by molar-refractivity contribution is -0.114. The molecule has 2 aromatic rings. The van der Waals surface area contributed by atoms with E-state index in [1.54, 1.807) is 25.1 Å². The number of nitrogens with zero attached hydrogens (tertiary/aromatic N) is 3. The minimum absolute atomic E-state index is 0.320. The maximum atomic E-state index is 12.2. The molecule has 0 fully saturated rings. The fourth-order valence-corrected chi connectivity index (χ4v) is 4.53. The van der Waals surface area contributed by atoms with Crippen LogP contribution in [0.5, 0.6) is 0 Å². The first-order valence-electron chi connectivity index (χ1n) is 7.10. The Labute approximate surface area is 149 Å². The fraction of sp³-hybridized carbons (Fsp3) is 0.357. The van der Waals surface area contributed by atoms with E-state index in [-0.39, 0.29) is 6.54 Å². The predicted octanol–water partition coefficient (Wildman–Crippen LogP) is 2.36. The summed E-state index contributed by atoms with van der Waals surface area (Å²) in [5.41, 5.74) is 1.25. The molecule has 0 aliphatic carbocycles. The molecule has 0 aliphatic rings. The number of hydrogen-bond acceptors (Lipinski definition) is 7. The van der Waals surface area contributed by atoms with Crippen LogP contribution in [-0.4, -0.2) is 43.1 Å². The number of thioether (sulfide) groups is 1. The summed E-state index contributed by atoms with van der Waals surface area (Å²) in [4.78, 5) is 12.2. The minimum atomic E-state index is -3.60. The number of carbonyl (C=O) groups excluding carboxylic acids is 1. The zero-order chi connectivity index (χ0) is 17.7. The second kappa shape index (κ2) is 7.95. The van der Waals surface area contributed by atoms with E-state index in [1.807, 2.05) is 13.0 Å². The van der Waals surface area contributed by atoms with E-state index < -0.39 is 15.9 Å². The van der Waals surface area contributed by atoms with Gasteiger partial charge in [-0.3, -0.25) is 14.4 Å². The third kappa shape index (κ3) is 4.92. The van der Waals surface area contributed by atoms with Crippen molar-refractivity contribution in [2.75, 3.05) is 28.2 Å². The maximum Gasteiger partial charge on any atom is 0.246 e. The van der Waals surface area contributed by atoms with Crippen LogP contribution < -0.4 is 9.62 Å². The SMILES string of the molecule is CCSc1nnc(NC(=O)CN(c2ccccc2C)S(C)(=O)=O)s1. The highest BCUT2D eigenvalue weighted by Crippen LogP contribution is 2.25. The largest absolute Gasteiger partial charge is 0.299 e. The van der Waals surface area contributed by atoms with E-state index in [2.05, 4.69) is 15.5 Å². The molecule has 0 atom stereocenters. The van der Waals surface area contributed by atoms with Gasteiger partial charge in [-0.2, -0.15) is 0 Å². The summed E-state index contributed by atoms with van der Waals surface area (Å²) in [5, 5.41) is 10.8. The number of hydrogen-bond donors (Lipinski definition) is 1. The Hall–Kier alpha value is -1.65. The molecule has 0 saturated carbocycles. The Kier molecular flexibility index (Phi) is 6.19. The topological polar surface area (TPSA) is 92.3 Å². The summed E-state index contributed by atoms with van der Waals surface area (Å²) in [6, 6.07) is 7.01. The quantitative estimate of drug-likeness (QED) is 0.580. The van der Waals surface area contributed by atoms with Crippen LogP contribution in [0.25, 0.3) is 0 Å². The van der Waals surface area contributed by atoms with Crippen molar-refractivity contribution in [2.24, 2.45) is 0 Å². The van der Waals surface area contributed by atoms with Gasteiger partial charge < -0.3 is 0 Å². The molecule has 1 amide bonds. The number of aryl methyl sites for hydroxylation is 1. The third-order valence-electron chi connectivity index (χ3n) is 2.99. The minimum Gasteiger partial charge on any atom is -0.299 e. The summed E-state index contributed by atoms with van der Waals surface area (Å²) in [5.74, 6) is 0.394. The van der Waals surface area contributed by atoms with Crippen molar-refractivity contribution in [3.05, 3.63) is 29.8 Å². The summed E-state index contributed by atoms with van der Waals surface area (Å²) < 4.78 is 26.0. The Bertz CT molecular complexity index is 820. The van der Waals surface area contributed by atoms with Gasteiger partial charge in [0.15, 0.2) is 4.34 Å². The number of sulfonamides is 1. The van der Waals surface area contributed by atoms with E-state index in [9.17, 15) is 13.2 Å². The smallest absolute Gasteiger partial charge is 0.246 e. The molecule has 2 rings (SSSR count). The van der Waals surface area contributed by atoms with Crippen molar-refractivity contribution < 1.29 is 13.2 Å². The Morgan fingerprint density at radius 2 is 2.04 bits per heavy atom. The molecule has 0 unspecified atom stereocenters. The summed E-state index contributed by atoms with van der Waals surface area (Å²) in [7, 11) is -3.60. The van der Waals surface area contributed by atoms with Crippen LogP contribution in [0.2, 0.25) is 0 Å². The zero-order valence-electron chi connectivity index (χ0n) is 13.5. The van der Waals surface area contributed by atoms with Crippen LogP contribution in [0.15, 0.2) is 28.6 Å². The second-order valence-corrected chi connectivity index (χ2v) is 9.31. The summed E-state index contributed by atoms with van der Waals surface area (Å²) in [6.45, 7) is 3.47. The van der Waals surface area contributed by atoms with Gasteiger partial charge >= 0.3 is 0 Å². The van der Waals surface area contributed by atoms with Gasteiger partial charge in [0, 0.05) is 0 Å². The lowest BCUT2D eigenvalue weighted by atomic mass is 10.2. The van der Waals surface area contributed by atoms with Crippen LogP contribution in [-0.2, 0) is 14.8 Å². The van der Waals surface area contributed by atoms with Crippen LogP contribution in [0.4, 0.5) is 10.8 Å². The molecule has 1 N–H and O–H groups in total. The maximum absolute atomic E-state index is 12.2. The van der Waals surface area contributed by atoms with Gasteiger partial charge in [0.05, 0.1) is 11.9 Å². The van der Waals surface area contributed by atoms with Crippen molar-refractivity contribution in [3.63, 3.8) is 0 Å². The van der Waals surface area contributed by atoms with Crippen molar-refractivity contribution in [1.29, 1.82) is 0 Å². The molecule has 0 bridgehead atoms. The molecule has 10 heteroatoms. The number of amides is 1. The monoisotopic (exact) mass is 386 g/mol. The van der Waals surface area contributed by atoms with Gasteiger partial charge in [-0.1, -0.05) is 48.2 Å². The fourth-order valence-electron chi connectivity index (χ4n) is 1.96. The molecule has 0 aliphatic heterocycles. The van der Waals surface area contributed by atoms with E-state index in [0.29, 0.717) is 10.8 Å². The number of aromatic nitrogens is 2. The predicted molar refractivity (Wildman–Crippen MR) is 98.3 cm³/mol. The van der Waals surface area contributed by atoms with Gasteiger partial charge in [0.25, 0.3) is 0 Å². The number of anilines is 2. The molecule has 1 aromatic carbocycles. The van der Waals surface area contributed by atoms with Gasteiger partial charge in [-0.15, -0.1) is 10.2 Å². The molecule has 0 saturated heterocycles. The molecular weight excluding hydrogens is 368 g/mol. The Morgan fingerprint density at radius 1 is 1.33 bits per heavy atom. The van der Waals surface area contributed by atoms with Gasteiger partial charge in [0.1, 0.15) is 6.54 Å². The Balaban J connectivity index is 2.15. The summed E-state index contributed by atoms with van der Waals surface area (Å²) >= 11 is 2.79. The van der Waals surface area contributed by atoms with E-state index in [4.69, 9.17) is 0 Å². The number of rotatable bonds is 7.